The molecule has 2 N–H and O–H groups in total. The molecule has 0 bridgehead atoms. The number of halogens is 1. The lowest BCUT2D eigenvalue weighted by molar-refractivity contribution is 0.183. The smallest absolute Gasteiger partial charge is 0.185 e. The van der Waals surface area contributed by atoms with Crippen molar-refractivity contribution in [3.63, 3.8) is 0 Å². The van der Waals surface area contributed by atoms with Crippen molar-refractivity contribution in [1.29, 1.82) is 0 Å². The largest absolute Gasteiger partial charge is 0.398 e. The zero-order valence-electron chi connectivity index (χ0n) is 11.0. The number of rotatable bonds is 4. The van der Waals surface area contributed by atoms with Crippen molar-refractivity contribution in [2.75, 3.05) is 18.9 Å². The molecule has 1 aliphatic heterocycles. The van der Waals surface area contributed by atoms with Crippen LogP contribution in [0.1, 0.15) is 12.8 Å². The van der Waals surface area contributed by atoms with Gasteiger partial charge in [-0.05, 0) is 41.3 Å². The highest BCUT2D eigenvalue weighted by atomic mass is 35.5. The Balaban J connectivity index is 1.82. The van der Waals surface area contributed by atoms with E-state index in [1.807, 2.05) is 6.07 Å². The van der Waals surface area contributed by atoms with E-state index >= 15 is 0 Å². The van der Waals surface area contributed by atoms with Gasteiger partial charge in [0.05, 0.1) is 10.6 Å². The van der Waals surface area contributed by atoms with E-state index in [4.69, 9.17) is 22.1 Å². The van der Waals surface area contributed by atoms with Gasteiger partial charge in [-0.15, -0.1) is 5.10 Å². The molecular formula is C13H16ClN5O. The van der Waals surface area contributed by atoms with Crippen LogP contribution in [0, 0.1) is 5.92 Å². The number of aromatic nitrogens is 4. The Hall–Kier alpha value is -1.66. The highest BCUT2D eigenvalue weighted by Gasteiger charge is 2.19. The third kappa shape index (κ3) is 2.62. The molecule has 1 saturated heterocycles. The molecule has 20 heavy (non-hydrogen) atoms. The first kappa shape index (κ1) is 13.3. The van der Waals surface area contributed by atoms with E-state index in [1.54, 1.807) is 16.8 Å². The fraction of sp³-hybridized carbons (Fsp3) is 0.462. The molecule has 1 unspecified atom stereocenters. The number of hydrogen-bond acceptors (Lipinski definition) is 5. The van der Waals surface area contributed by atoms with E-state index < -0.39 is 0 Å². The van der Waals surface area contributed by atoms with Crippen LogP contribution in [-0.2, 0) is 11.3 Å². The van der Waals surface area contributed by atoms with Gasteiger partial charge in [-0.3, -0.25) is 0 Å². The van der Waals surface area contributed by atoms with Crippen molar-refractivity contribution in [3.8, 4) is 11.4 Å². The third-order valence-electron chi connectivity index (χ3n) is 3.57. The summed E-state index contributed by atoms with van der Waals surface area (Å²) in [5.74, 6) is 1.20. The second-order valence-corrected chi connectivity index (χ2v) is 5.36. The number of nitrogens with zero attached hydrogens (tertiary/aromatic N) is 4. The van der Waals surface area contributed by atoms with Gasteiger partial charge in [-0.25, -0.2) is 4.68 Å². The molecule has 1 aromatic heterocycles. The SMILES string of the molecule is Nc1cccc(Cl)c1-c1nnnn1CCC1CCOC1. The Morgan fingerprint density at radius 3 is 3.10 bits per heavy atom. The number of ether oxygens (including phenoxy) is 1. The Morgan fingerprint density at radius 1 is 1.45 bits per heavy atom. The van der Waals surface area contributed by atoms with Crippen LogP contribution in [0.25, 0.3) is 11.4 Å². The van der Waals surface area contributed by atoms with Gasteiger partial charge in [0.1, 0.15) is 0 Å². The Labute approximate surface area is 121 Å². The summed E-state index contributed by atoms with van der Waals surface area (Å²) >= 11 is 6.21. The van der Waals surface area contributed by atoms with Gasteiger partial charge >= 0.3 is 0 Å². The van der Waals surface area contributed by atoms with E-state index in [0.29, 0.717) is 28.0 Å². The maximum Gasteiger partial charge on any atom is 0.185 e. The first-order chi connectivity index (χ1) is 9.75. The molecule has 0 saturated carbocycles. The zero-order valence-corrected chi connectivity index (χ0v) is 11.8. The summed E-state index contributed by atoms with van der Waals surface area (Å²) in [7, 11) is 0. The van der Waals surface area contributed by atoms with Crippen LogP contribution in [0.4, 0.5) is 5.69 Å². The summed E-state index contributed by atoms with van der Waals surface area (Å²) in [5, 5.41) is 12.4. The number of nitrogens with two attached hydrogens (primary N) is 1. The van der Waals surface area contributed by atoms with Crippen molar-refractivity contribution in [1.82, 2.24) is 20.2 Å². The number of anilines is 1. The third-order valence-corrected chi connectivity index (χ3v) is 3.89. The van der Waals surface area contributed by atoms with Gasteiger partial charge in [0, 0.05) is 25.4 Å². The predicted octanol–water partition coefficient (Wildman–Crippen LogP) is 2.00. The molecular weight excluding hydrogens is 278 g/mol. The maximum atomic E-state index is 6.21. The molecule has 1 aromatic carbocycles. The summed E-state index contributed by atoms with van der Waals surface area (Å²) in [6.07, 6.45) is 2.09. The van der Waals surface area contributed by atoms with Crippen molar-refractivity contribution in [2.45, 2.75) is 19.4 Å². The minimum Gasteiger partial charge on any atom is -0.398 e. The first-order valence-corrected chi connectivity index (χ1v) is 7.02. The van der Waals surface area contributed by atoms with E-state index in [9.17, 15) is 0 Å². The van der Waals surface area contributed by atoms with Crippen LogP contribution >= 0.6 is 11.6 Å². The molecule has 1 fully saturated rings. The second-order valence-electron chi connectivity index (χ2n) is 4.95. The lowest BCUT2D eigenvalue weighted by Crippen LogP contribution is -2.09. The molecule has 7 heteroatoms. The molecule has 106 valence electrons. The van der Waals surface area contributed by atoms with E-state index in [1.165, 1.54) is 0 Å². The van der Waals surface area contributed by atoms with E-state index in [2.05, 4.69) is 15.5 Å². The average Bonchev–Trinajstić information content (AvgIpc) is 3.07. The molecule has 2 heterocycles. The van der Waals surface area contributed by atoms with Gasteiger partial charge in [0.25, 0.3) is 0 Å². The summed E-state index contributed by atoms with van der Waals surface area (Å²) in [4.78, 5) is 0. The molecule has 6 nitrogen and oxygen atoms in total. The molecule has 2 aromatic rings. The highest BCUT2D eigenvalue weighted by molar-refractivity contribution is 6.33. The van der Waals surface area contributed by atoms with Crippen LogP contribution in [0.15, 0.2) is 18.2 Å². The first-order valence-electron chi connectivity index (χ1n) is 6.64. The second kappa shape index (κ2) is 5.76. The van der Waals surface area contributed by atoms with Gasteiger partial charge < -0.3 is 10.5 Å². The van der Waals surface area contributed by atoms with Crippen molar-refractivity contribution < 1.29 is 4.74 Å². The Bertz CT molecular complexity index is 574. The number of aryl methyl sites for hydroxylation is 1. The standard InChI is InChI=1S/C13H16ClN5O/c14-10-2-1-3-11(15)12(10)13-16-17-18-19(13)6-4-9-5-7-20-8-9/h1-3,9H,4-8,15H2. The lowest BCUT2D eigenvalue weighted by Gasteiger charge is -2.10. The zero-order chi connectivity index (χ0) is 13.9. The summed E-state index contributed by atoms with van der Waals surface area (Å²) < 4.78 is 7.14. The van der Waals surface area contributed by atoms with Gasteiger partial charge in [0.15, 0.2) is 5.82 Å². The monoisotopic (exact) mass is 293 g/mol. The Kier molecular flexibility index (Phi) is 3.84. The quantitative estimate of drug-likeness (QED) is 0.872. The summed E-state index contributed by atoms with van der Waals surface area (Å²) in [6, 6.07) is 5.40. The predicted molar refractivity (Wildman–Crippen MR) is 76.2 cm³/mol. The summed E-state index contributed by atoms with van der Waals surface area (Å²) in [5.41, 5.74) is 7.26. The summed E-state index contributed by atoms with van der Waals surface area (Å²) in [6.45, 7) is 2.41. The molecule has 0 radical (unpaired) electrons. The Morgan fingerprint density at radius 2 is 2.35 bits per heavy atom. The maximum absolute atomic E-state index is 6.21. The highest BCUT2D eigenvalue weighted by Crippen LogP contribution is 2.31. The van der Waals surface area contributed by atoms with Gasteiger partial charge in [-0.2, -0.15) is 0 Å². The number of benzene rings is 1. The number of nitrogen functional groups attached to an aromatic ring is 1. The fourth-order valence-electron chi connectivity index (χ4n) is 2.43. The van der Waals surface area contributed by atoms with Crippen molar-refractivity contribution in [2.24, 2.45) is 5.92 Å². The molecule has 0 spiro atoms. The van der Waals surface area contributed by atoms with Crippen LogP contribution in [0.5, 0.6) is 0 Å². The van der Waals surface area contributed by atoms with Gasteiger partial charge in [0.2, 0.25) is 0 Å². The van der Waals surface area contributed by atoms with E-state index in [0.717, 1.165) is 32.6 Å². The molecule has 1 aliphatic rings. The minimum atomic E-state index is 0.560. The topological polar surface area (TPSA) is 78.9 Å². The van der Waals surface area contributed by atoms with Gasteiger partial charge in [-0.1, -0.05) is 17.7 Å². The van der Waals surface area contributed by atoms with Crippen LogP contribution in [0.2, 0.25) is 5.02 Å². The molecule has 0 aliphatic carbocycles. The molecule has 0 amide bonds. The van der Waals surface area contributed by atoms with Crippen molar-refractivity contribution >= 4 is 17.3 Å². The molecule has 3 rings (SSSR count). The minimum absolute atomic E-state index is 0.560. The van der Waals surface area contributed by atoms with Crippen molar-refractivity contribution in [3.05, 3.63) is 23.2 Å². The average molecular weight is 294 g/mol. The fourth-order valence-corrected chi connectivity index (χ4v) is 2.69. The van der Waals surface area contributed by atoms with E-state index in [-0.39, 0.29) is 0 Å². The van der Waals surface area contributed by atoms with Crippen LogP contribution in [0.3, 0.4) is 0 Å². The molecule has 1 atom stereocenters. The normalized spacial score (nSPS) is 18.6. The van der Waals surface area contributed by atoms with Crippen LogP contribution < -0.4 is 5.73 Å². The van der Waals surface area contributed by atoms with Crippen LogP contribution in [-0.4, -0.2) is 33.4 Å². The number of hydrogen-bond donors (Lipinski definition) is 1. The number of tetrazole rings is 1. The lowest BCUT2D eigenvalue weighted by atomic mass is 10.1.